The predicted molar refractivity (Wildman–Crippen MR) is 172 cm³/mol. The van der Waals surface area contributed by atoms with Gasteiger partial charge in [0.15, 0.2) is 5.76 Å². The third-order valence-corrected chi connectivity index (χ3v) is 13.0. The number of imidazole rings is 1. The van der Waals surface area contributed by atoms with Crippen molar-refractivity contribution in [2.75, 3.05) is 7.11 Å². The Labute approximate surface area is 255 Å². The summed E-state index contributed by atoms with van der Waals surface area (Å²) in [6.45, 7) is 12.0. The third-order valence-electron chi connectivity index (χ3n) is 7.74. The summed E-state index contributed by atoms with van der Waals surface area (Å²) < 4.78 is 32.4. The molecule has 222 valence electrons. The quantitative estimate of drug-likeness (QED) is 0.143. The van der Waals surface area contributed by atoms with Gasteiger partial charge in [-0.05, 0) is 58.8 Å². The molecule has 0 spiro atoms. The molecule has 0 aliphatic heterocycles. The molecule has 0 amide bonds. The monoisotopic (exact) mass is 613 g/mol. The highest BCUT2D eigenvalue weighted by molar-refractivity contribution is 7.18. The summed E-state index contributed by atoms with van der Waals surface area (Å²) >= 11 is 1.37. The van der Waals surface area contributed by atoms with Crippen LogP contribution in [0.25, 0.3) is 27.4 Å². The molecule has 6 rings (SSSR count). The van der Waals surface area contributed by atoms with E-state index in [0.717, 1.165) is 33.0 Å². The van der Waals surface area contributed by atoms with E-state index in [9.17, 15) is 0 Å². The van der Waals surface area contributed by atoms with E-state index in [4.69, 9.17) is 28.0 Å². The minimum atomic E-state index is -2.12. The zero-order valence-electron chi connectivity index (χ0n) is 25.2. The lowest BCUT2D eigenvalue weighted by atomic mass is 10.2. The molecule has 0 bridgehead atoms. The lowest BCUT2D eigenvalue weighted by Crippen LogP contribution is -2.43. The Balaban J connectivity index is 1.29. The highest BCUT2D eigenvalue weighted by Gasteiger charge is 2.39. The Hall–Kier alpha value is -4.28. The molecule has 0 aliphatic carbocycles. The molecular weight excluding hydrogens is 579 g/mol. The van der Waals surface area contributed by atoms with E-state index in [-0.39, 0.29) is 5.04 Å². The Morgan fingerprint density at radius 1 is 0.884 bits per heavy atom. The van der Waals surface area contributed by atoms with Crippen molar-refractivity contribution in [2.45, 2.75) is 52.1 Å². The molecule has 3 aromatic carbocycles. The SMILES string of the molecule is COc1nn2cc(-c3cc4c(OCc5cccc(OCc6ccccc6)c5)cc(O[Si](C)(C)C(C)(C)C)cc4o3)nc2s1. The van der Waals surface area contributed by atoms with Crippen molar-refractivity contribution >= 4 is 35.6 Å². The third kappa shape index (κ3) is 6.25. The summed E-state index contributed by atoms with van der Waals surface area (Å²) in [5, 5.41) is 5.82. The van der Waals surface area contributed by atoms with Crippen molar-refractivity contribution in [1.82, 2.24) is 14.6 Å². The number of benzene rings is 3. The highest BCUT2D eigenvalue weighted by Crippen LogP contribution is 2.42. The Morgan fingerprint density at radius 2 is 1.65 bits per heavy atom. The van der Waals surface area contributed by atoms with Gasteiger partial charge in [-0.3, -0.25) is 0 Å². The number of nitrogens with zero attached hydrogens (tertiary/aromatic N) is 3. The smallest absolute Gasteiger partial charge is 0.294 e. The maximum atomic E-state index is 6.67. The van der Waals surface area contributed by atoms with E-state index >= 15 is 0 Å². The first-order valence-corrected chi connectivity index (χ1v) is 17.9. The first-order chi connectivity index (χ1) is 20.6. The fourth-order valence-electron chi connectivity index (χ4n) is 4.35. The summed E-state index contributed by atoms with van der Waals surface area (Å²) in [6, 6.07) is 24.0. The summed E-state index contributed by atoms with van der Waals surface area (Å²) in [5.74, 6) is 2.82. The molecule has 0 atom stereocenters. The number of ether oxygens (including phenoxy) is 3. The van der Waals surface area contributed by atoms with Crippen LogP contribution in [-0.4, -0.2) is 30.0 Å². The summed E-state index contributed by atoms with van der Waals surface area (Å²) in [7, 11) is -0.520. The number of furan rings is 1. The highest BCUT2D eigenvalue weighted by atomic mass is 32.1. The minimum Gasteiger partial charge on any atom is -0.543 e. The second-order valence-electron chi connectivity index (χ2n) is 11.9. The van der Waals surface area contributed by atoms with Gasteiger partial charge in [-0.15, -0.1) is 5.10 Å². The average molecular weight is 614 g/mol. The second-order valence-corrected chi connectivity index (χ2v) is 17.6. The number of methoxy groups -OCH3 is 1. The first kappa shape index (κ1) is 28.8. The molecule has 3 heterocycles. The van der Waals surface area contributed by atoms with E-state index in [1.165, 1.54) is 11.3 Å². The van der Waals surface area contributed by atoms with Crippen molar-refractivity contribution in [3.05, 3.63) is 90.1 Å². The molecule has 0 radical (unpaired) electrons. The van der Waals surface area contributed by atoms with Gasteiger partial charge in [0, 0.05) is 12.1 Å². The fourth-order valence-corrected chi connectivity index (χ4v) is 6.06. The topological polar surface area (TPSA) is 80.3 Å². The molecule has 0 saturated carbocycles. The minimum absolute atomic E-state index is 0.0354. The van der Waals surface area contributed by atoms with Crippen LogP contribution in [0.1, 0.15) is 31.9 Å². The molecule has 3 aromatic heterocycles. The van der Waals surface area contributed by atoms with Crippen molar-refractivity contribution in [3.63, 3.8) is 0 Å². The Kier molecular flexibility index (Phi) is 7.66. The zero-order valence-corrected chi connectivity index (χ0v) is 27.0. The lowest BCUT2D eigenvalue weighted by Gasteiger charge is -2.36. The predicted octanol–water partition coefficient (Wildman–Crippen LogP) is 8.75. The van der Waals surface area contributed by atoms with Gasteiger partial charge < -0.3 is 23.1 Å². The molecule has 0 unspecified atom stereocenters. The average Bonchev–Trinajstić information content (AvgIpc) is 3.68. The van der Waals surface area contributed by atoms with Gasteiger partial charge in [0.25, 0.3) is 5.19 Å². The normalized spacial score (nSPS) is 12.1. The maximum absolute atomic E-state index is 6.67. The van der Waals surface area contributed by atoms with Gasteiger partial charge in [0.05, 0.1) is 18.7 Å². The lowest BCUT2D eigenvalue weighted by molar-refractivity contribution is 0.297. The Morgan fingerprint density at radius 3 is 2.40 bits per heavy atom. The second kappa shape index (κ2) is 11.4. The van der Waals surface area contributed by atoms with Gasteiger partial charge in [-0.2, -0.15) is 0 Å². The number of fused-ring (bicyclic) bond motifs is 2. The van der Waals surface area contributed by atoms with E-state index in [2.05, 4.69) is 51.1 Å². The van der Waals surface area contributed by atoms with E-state index in [1.807, 2.05) is 66.9 Å². The van der Waals surface area contributed by atoms with Crippen LogP contribution in [0.15, 0.2) is 83.4 Å². The van der Waals surface area contributed by atoms with Gasteiger partial charge in [-0.25, -0.2) is 9.50 Å². The molecule has 0 fully saturated rings. The van der Waals surface area contributed by atoms with Gasteiger partial charge in [0.1, 0.15) is 41.7 Å². The molecule has 8 nitrogen and oxygen atoms in total. The summed E-state index contributed by atoms with van der Waals surface area (Å²) in [4.78, 5) is 5.42. The van der Waals surface area contributed by atoms with Crippen LogP contribution >= 0.6 is 11.3 Å². The number of aromatic nitrogens is 3. The zero-order chi connectivity index (χ0) is 30.2. The van der Waals surface area contributed by atoms with Gasteiger partial charge >= 0.3 is 0 Å². The van der Waals surface area contributed by atoms with Crippen LogP contribution in [0.5, 0.6) is 22.4 Å². The molecular formula is C33H35N3O5SSi. The standard InChI is InChI=1S/C33H35N3O5SSi/c1-33(2,3)43(5,6)41-25-16-28(39-21-23-13-10-14-24(15-23)38-20-22-11-8-7-9-12-22)26-18-30(40-29(26)17-25)27-19-36-31(34-27)42-32(35-36)37-4/h7-19H,20-21H2,1-6H3. The van der Waals surface area contributed by atoms with Crippen molar-refractivity contribution in [2.24, 2.45) is 0 Å². The fraction of sp³-hybridized carbons (Fsp3) is 0.273. The number of rotatable bonds is 10. The molecule has 0 aliphatic rings. The molecule has 10 heteroatoms. The van der Waals surface area contributed by atoms with Crippen LogP contribution in [0.4, 0.5) is 0 Å². The molecule has 43 heavy (non-hydrogen) atoms. The van der Waals surface area contributed by atoms with Crippen molar-refractivity contribution in [3.8, 4) is 33.9 Å². The van der Waals surface area contributed by atoms with Gasteiger partial charge in [0.2, 0.25) is 13.3 Å². The molecule has 6 aromatic rings. The summed E-state index contributed by atoms with van der Waals surface area (Å²) in [6.07, 6.45) is 1.83. The largest absolute Gasteiger partial charge is 0.543 e. The molecule has 0 N–H and O–H groups in total. The van der Waals surface area contributed by atoms with Crippen LogP contribution in [0.2, 0.25) is 18.1 Å². The van der Waals surface area contributed by atoms with Crippen LogP contribution in [-0.2, 0) is 13.2 Å². The maximum Gasteiger partial charge on any atom is 0.294 e. The number of hydrogen-bond acceptors (Lipinski definition) is 8. The van der Waals surface area contributed by atoms with Crippen LogP contribution < -0.4 is 18.6 Å². The summed E-state index contributed by atoms with van der Waals surface area (Å²) in [5.41, 5.74) is 3.46. The molecule has 0 saturated heterocycles. The van der Waals surface area contributed by atoms with E-state index < -0.39 is 8.32 Å². The van der Waals surface area contributed by atoms with E-state index in [0.29, 0.717) is 41.2 Å². The van der Waals surface area contributed by atoms with E-state index in [1.54, 1.807) is 11.6 Å². The van der Waals surface area contributed by atoms with Crippen molar-refractivity contribution < 1.29 is 23.1 Å². The first-order valence-electron chi connectivity index (χ1n) is 14.1. The number of hydrogen-bond donors (Lipinski definition) is 0. The van der Waals surface area contributed by atoms with Gasteiger partial charge in [-0.1, -0.05) is 63.2 Å². The van der Waals surface area contributed by atoms with Crippen LogP contribution in [0.3, 0.4) is 0 Å². The van der Waals surface area contributed by atoms with Crippen LogP contribution in [0, 0.1) is 0 Å². The Bertz CT molecular complexity index is 1840. The van der Waals surface area contributed by atoms with Crippen molar-refractivity contribution in [1.29, 1.82) is 0 Å².